The number of benzene rings is 2. The van der Waals surface area contributed by atoms with Crippen LogP contribution in [0.25, 0.3) is 0 Å². The molecule has 3 heterocycles. The van der Waals surface area contributed by atoms with Gasteiger partial charge in [0.1, 0.15) is 11.8 Å². The molecule has 2 aromatic rings. The van der Waals surface area contributed by atoms with E-state index in [1.54, 1.807) is 24.3 Å². The zero-order chi connectivity index (χ0) is 36.1. The highest BCUT2D eigenvalue weighted by molar-refractivity contribution is 6.11. The lowest BCUT2D eigenvalue weighted by Gasteiger charge is -2.35. The topological polar surface area (TPSA) is 164 Å². The predicted molar refractivity (Wildman–Crippen MR) is 186 cm³/mol. The van der Waals surface area contributed by atoms with E-state index >= 15 is 0 Å². The van der Waals surface area contributed by atoms with Crippen molar-refractivity contribution >= 4 is 34.9 Å². The van der Waals surface area contributed by atoms with Crippen molar-refractivity contribution in [2.75, 3.05) is 37.5 Å². The van der Waals surface area contributed by atoms with E-state index in [2.05, 4.69) is 38.3 Å². The molecule has 12 heteroatoms. The first-order chi connectivity index (χ1) is 23.5. The number of rotatable bonds is 9. The van der Waals surface area contributed by atoms with Gasteiger partial charge in [0.05, 0.1) is 49.5 Å². The predicted octanol–water partition coefficient (Wildman–Crippen LogP) is 4.73. The molecule has 270 valence electrons. The quantitative estimate of drug-likeness (QED) is 0.291. The molecule has 5 unspecified atom stereocenters. The van der Waals surface area contributed by atoms with Crippen molar-refractivity contribution in [3.8, 4) is 17.2 Å². The Morgan fingerprint density at radius 1 is 0.800 bits per heavy atom. The van der Waals surface area contributed by atoms with Crippen LogP contribution < -0.4 is 24.8 Å². The Morgan fingerprint density at radius 2 is 1.44 bits per heavy atom. The number of ether oxygens (including phenoxy) is 3. The van der Waals surface area contributed by atoms with Crippen molar-refractivity contribution in [2.45, 2.75) is 91.4 Å². The number of ketones is 1. The fourth-order valence-corrected chi connectivity index (χ4v) is 8.30. The smallest absolute Gasteiger partial charge is 0.256 e. The maximum atomic E-state index is 13.3. The molecule has 6 rings (SSSR count). The molecule has 2 aromatic carbocycles. The number of carbonyl (C=O) groups excluding carboxylic acids is 4. The lowest BCUT2D eigenvalue weighted by Crippen LogP contribution is -2.40. The molecule has 4 N–H and O–H groups in total. The summed E-state index contributed by atoms with van der Waals surface area (Å²) in [5.41, 5.74) is 1.69. The number of carbonyl (C=O) groups is 4. The monoisotopic (exact) mass is 691 g/mol. The molecular weight excluding hydrogens is 642 g/mol. The minimum atomic E-state index is -0.747. The molecule has 2 fully saturated rings. The number of aliphatic hydroxyl groups is 2. The summed E-state index contributed by atoms with van der Waals surface area (Å²) in [4.78, 5) is 54.0. The first-order valence-electron chi connectivity index (χ1n) is 17.5. The molecule has 12 nitrogen and oxygen atoms in total. The molecule has 0 spiro atoms. The van der Waals surface area contributed by atoms with Crippen LogP contribution in [0.3, 0.4) is 0 Å². The second-order valence-electron chi connectivity index (χ2n) is 16.1. The molecule has 0 radical (unpaired) electrons. The lowest BCUT2D eigenvalue weighted by molar-refractivity contribution is -0.121. The maximum Gasteiger partial charge on any atom is 0.256 e. The number of anilines is 2. The Bertz CT molecular complexity index is 1700. The summed E-state index contributed by atoms with van der Waals surface area (Å²) in [6.07, 6.45) is 1.47. The number of hydrogen-bond donors (Lipinski definition) is 4. The van der Waals surface area contributed by atoms with E-state index in [4.69, 9.17) is 14.2 Å². The van der Waals surface area contributed by atoms with Crippen molar-refractivity contribution in [2.24, 2.45) is 22.7 Å². The van der Waals surface area contributed by atoms with Gasteiger partial charge in [0, 0.05) is 43.0 Å². The largest absolute Gasteiger partial charge is 0.493 e. The molecule has 1 saturated carbocycles. The van der Waals surface area contributed by atoms with Crippen molar-refractivity contribution in [1.29, 1.82) is 0 Å². The molecule has 1 saturated heterocycles. The molecule has 0 aromatic heterocycles. The number of nitrogens with one attached hydrogen (secondary N) is 2. The van der Waals surface area contributed by atoms with Gasteiger partial charge in [0.2, 0.25) is 11.8 Å². The van der Waals surface area contributed by atoms with E-state index in [1.807, 2.05) is 6.92 Å². The van der Waals surface area contributed by atoms with Gasteiger partial charge in [-0.3, -0.25) is 19.2 Å². The zero-order valence-electron chi connectivity index (χ0n) is 29.8. The zero-order valence-corrected chi connectivity index (χ0v) is 29.8. The van der Waals surface area contributed by atoms with Crippen LogP contribution in [0.2, 0.25) is 0 Å². The minimum absolute atomic E-state index is 0.00933. The molecular formula is C38H49N3O9. The Labute approximate surface area is 292 Å². The van der Waals surface area contributed by atoms with Gasteiger partial charge in [-0.25, -0.2) is 0 Å². The summed E-state index contributed by atoms with van der Waals surface area (Å²) >= 11 is 0. The Morgan fingerprint density at radius 3 is 2.14 bits per heavy atom. The SMILES string of the molecule is COc1cc2c(cc1OCC(C)(C)CC(C)(C)COc1cc3c(cc1C)C(=O)CCC1CC(O)CC1C(=O)N3)NC(=O)C1CC(O)CN1C2=O. The second-order valence-corrected chi connectivity index (χ2v) is 16.1. The summed E-state index contributed by atoms with van der Waals surface area (Å²) in [6.45, 7) is 11.0. The fraction of sp³-hybridized carbons (Fsp3) is 0.579. The first kappa shape index (κ1) is 35.7. The minimum Gasteiger partial charge on any atom is -0.493 e. The third kappa shape index (κ3) is 7.32. The second kappa shape index (κ2) is 13.5. The third-order valence-electron chi connectivity index (χ3n) is 10.5. The van der Waals surface area contributed by atoms with E-state index in [0.29, 0.717) is 79.5 Å². The van der Waals surface area contributed by atoms with Gasteiger partial charge in [-0.15, -0.1) is 0 Å². The van der Waals surface area contributed by atoms with Crippen molar-refractivity contribution in [3.63, 3.8) is 0 Å². The molecule has 50 heavy (non-hydrogen) atoms. The number of hydrogen-bond acceptors (Lipinski definition) is 9. The van der Waals surface area contributed by atoms with Crippen LogP contribution in [-0.4, -0.2) is 83.7 Å². The summed E-state index contributed by atoms with van der Waals surface area (Å²) in [6, 6.07) is 6.00. The maximum absolute atomic E-state index is 13.3. The van der Waals surface area contributed by atoms with Crippen LogP contribution in [0, 0.1) is 29.6 Å². The Balaban J connectivity index is 1.12. The van der Waals surface area contributed by atoms with E-state index < -0.39 is 18.2 Å². The van der Waals surface area contributed by atoms with Gasteiger partial charge < -0.3 is 40.0 Å². The van der Waals surface area contributed by atoms with Crippen LogP contribution in [0.15, 0.2) is 24.3 Å². The Kier molecular flexibility index (Phi) is 9.64. The van der Waals surface area contributed by atoms with Gasteiger partial charge in [-0.2, -0.15) is 0 Å². The van der Waals surface area contributed by atoms with Crippen molar-refractivity contribution in [3.05, 3.63) is 41.0 Å². The number of nitrogens with zero attached hydrogens (tertiary/aromatic N) is 1. The fourth-order valence-electron chi connectivity index (χ4n) is 8.30. The molecule has 3 aliphatic heterocycles. The first-order valence-corrected chi connectivity index (χ1v) is 17.5. The van der Waals surface area contributed by atoms with Gasteiger partial charge in [-0.05, 0) is 67.1 Å². The summed E-state index contributed by atoms with van der Waals surface area (Å²) in [5, 5.41) is 26.1. The van der Waals surface area contributed by atoms with Gasteiger partial charge in [0.25, 0.3) is 5.91 Å². The van der Waals surface area contributed by atoms with Crippen LogP contribution in [0.1, 0.15) is 92.5 Å². The normalized spacial score (nSPS) is 25.2. The number of amides is 3. The molecule has 1 aliphatic carbocycles. The van der Waals surface area contributed by atoms with E-state index in [9.17, 15) is 29.4 Å². The number of Topliss-reactive ketones (excluding diaryl/α,β-unsaturated/α-hetero) is 1. The van der Waals surface area contributed by atoms with Gasteiger partial charge in [-0.1, -0.05) is 27.7 Å². The van der Waals surface area contributed by atoms with E-state index in [0.717, 1.165) is 5.56 Å². The van der Waals surface area contributed by atoms with Crippen LogP contribution in [0.4, 0.5) is 11.4 Å². The average Bonchev–Trinajstić information content (AvgIpc) is 3.61. The van der Waals surface area contributed by atoms with Crippen LogP contribution in [-0.2, 0) is 9.59 Å². The van der Waals surface area contributed by atoms with Crippen LogP contribution >= 0.6 is 0 Å². The summed E-state index contributed by atoms with van der Waals surface area (Å²) in [5.74, 6) is 0.116. The molecule has 3 amide bonds. The van der Waals surface area contributed by atoms with Gasteiger partial charge >= 0.3 is 0 Å². The average molecular weight is 692 g/mol. The number of methoxy groups -OCH3 is 1. The van der Waals surface area contributed by atoms with E-state index in [1.165, 1.54) is 12.0 Å². The van der Waals surface area contributed by atoms with Crippen molar-refractivity contribution in [1.82, 2.24) is 4.90 Å². The highest BCUT2D eigenvalue weighted by Gasteiger charge is 2.43. The molecule has 4 aliphatic rings. The summed E-state index contributed by atoms with van der Waals surface area (Å²) < 4.78 is 18.2. The Hall–Kier alpha value is -4.16. The standard InChI is InChI=1S/C38H49N3O9/c1-20-9-25-27(39-34(45)24-11-22(42)10-21(24)7-8-30(25)44)14-31(20)49-18-37(2,3)17-38(4,5)19-50-33-15-28-26(13-32(33)48-6)36(47)41-16-23(43)12-29(41)35(46)40-28/h9,13-15,21-24,29,42-43H,7-8,10-12,16-19H2,1-6H3,(H,39,45)(H,40,46). The number of aliphatic hydroxyl groups excluding tert-OH is 2. The molecule has 0 bridgehead atoms. The lowest BCUT2D eigenvalue weighted by atomic mass is 9.76. The third-order valence-corrected chi connectivity index (χ3v) is 10.5. The number of fused-ring (bicyclic) bond motifs is 4. The van der Waals surface area contributed by atoms with E-state index in [-0.39, 0.29) is 64.7 Å². The van der Waals surface area contributed by atoms with Crippen LogP contribution in [0.5, 0.6) is 17.2 Å². The summed E-state index contributed by atoms with van der Waals surface area (Å²) in [7, 11) is 1.49. The highest BCUT2D eigenvalue weighted by Crippen LogP contribution is 2.42. The highest BCUT2D eigenvalue weighted by atomic mass is 16.5. The number of aryl methyl sites for hydroxylation is 1. The van der Waals surface area contributed by atoms with Gasteiger partial charge in [0.15, 0.2) is 17.3 Å². The molecule has 5 atom stereocenters. The van der Waals surface area contributed by atoms with Crippen molar-refractivity contribution < 1.29 is 43.6 Å².